The minimum atomic E-state index is -2.61. The summed E-state index contributed by atoms with van der Waals surface area (Å²) in [6.07, 6.45) is 2.62. The van der Waals surface area contributed by atoms with Gasteiger partial charge in [-0.15, -0.1) is 0 Å². The second kappa shape index (κ2) is 7.46. The Morgan fingerprint density at radius 3 is 2.63 bits per heavy atom. The quantitative estimate of drug-likeness (QED) is 0.781. The van der Waals surface area contributed by atoms with Gasteiger partial charge in [0.2, 0.25) is 5.88 Å². The van der Waals surface area contributed by atoms with Crippen molar-refractivity contribution in [3.05, 3.63) is 41.7 Å². The summed E-state index contributed by atoms with van der Waals surface area (Å²) < 4.78 is 32.3. The van der Waals surface area contributed by atoms with Crippen molar-refractivity contribution in [2.24, 2.45) is 0 Å². The number of pyridine rings is 2. The zero-order valence-electron chi connectivity index (χ0n) is 15.4. The highest BCUT2D eigenvalue weighted by Crippen LogP contribution is 2.30. The first-order valence-corrected chi connectivity index (χ1v) is 8.85. The van der Waals surface area contributed by atoms with Crippen molar-refractivity contribution in [3.63, 3.8) is 0 Å². The molecule has 1 aliphatic rings. The van der Waals surface area contributed by atoms with Gasteiger partial charge in [0.05, 0.1) is 23.7 Å². The number of nitrogens with two attached hydrogens (primary N) is 1. The molecule has 0 aliphatic carbocycles. The third kappa shape index (κ3) is 4.50. The Labute approximate surface area is 156 Å². The van der Waals surface area contributed by atoms with Crippen LogP contribution in [0, 0.1) is 5.41 Å². The summed E-state index contributed by atoms with van der Waals surface area (Å²) in [5.74, 6) is -1.63. The fourth-order valence-electron chi connectivity index (χ4n) is 2.93. The van der Waals surface area contributed by atoms with Gasteiger partial charge in [0.25, 0.3) is 5.92 Å². The molecule has 0 bridgehead atoms. The van der Waals surface area contributed by atoms with Crippen LogP contribution in [0.2, 0.25) is 0 Å². The summed E-state index contributed by atoms with van der Waals surface area (Å²) in [4.78, 5) is 10.2. The summed E-state index contributed by atoms with van der Waals surface area (Å²) in [7, 11) is 0. The van der Waals surface area contributed by atoms with E-state index in [9.17, 15) is 8.78 Å². The third-order valence-corrected chi connectivity index (χ3v) is 4.39. The number of nitrogens with one attached hydrogen (secondary N) is 1. The Bertz CT molecular complexity index is 831. The van der Waals surface area contributed by atoms with Crippen LogP contribution in [0.5, 0.6) is 5.88 Å². The molecule has 0 spiro atoms. The number of nitrogens with zero attached hydrogens (tertiary/aromatic N) is 3. The maximum absolute atomic E-state index is 13.4. The Balaban J connectivity index is 1.84. The van der Waals surface area contributed by atoms with Crippen LogP contribution in [0.1, 0.15) is 37.8 Å². The van der Waals surface area contributed by atoms with Crippen molar-refractivity contribution in [1.82, 2.24) is 9.97 Å². The molecule has 3 rings (SSSR count). The Morgan fingerprint density at radius 1 is 1.26 bits per heavy atom. The molecular weight excluding hydrogens is 352 g/mol. The Kier molecular flexibility index (Phi) is 5.25. The molecule has 0 unspecified atom stereocenters. The summed E-state index contributed by atoms with van der Waals surface area (Å²) in [6, 6.07) is 5.07. The van der Waals surface area contributed by atoms with Crippen LogP contribution in [-0.2, 0) is 0 Å². The predicted molar refractivity (Wildman–Crippen MR) is 101 cm³/mol. The minimum Gasteiger partial charge on any atom is -0.475 e. The second-order valence-electron chi connectivity index (χ2n) is 6.90. The highest BCUT2D eigenvalue weighted by molar-refractivity contribution is 6.14. The maximum atomic E-state index is 13.4. The van der Waals surface area contributed by atoms with Gasteiger partial charge < -0.3 is 15.4 Å². The summed E-state index contributed by atoms with van der Waals surface area (Å²) in [5.41, 5.74) is 7.68. The van der Waals surface area contributed by atoms with E-state index >= 15 is 0 Å². The molecule has 0 atom stereocenters. The number of hydrogen-bond acceptors (Lipinski definition) is 6. The smallest absolute Gasteiger partial charge is 0.251 e. The van der Waals surface area contributed by atoms with E-state index in [2.05, 4.69) is 9.97 Å². The number of halogens is 2. The zero-order chi connectivity index (χ0) is 19.6. The molecule has 1 fully saturated rings. The van der Waals surface area contributed by atoms with Crippen LogP contribution in [0.15, 0.2) is 30.6 Å². The van der Waals surface area contributed by atoms with Gasteiger partial charge in [0.15, 0.2) is 0 Å². The molecule has 0 radical (unpaired) electrons. The summed E-state index contributed by atoms with van der Waals surface area (Å²) in [5, 5.41) is 8.53. The summed E-state index contributed by atoms with van der Waals surface area (Å²) in [6.45, 7) is 4.25. The van der Waals surface area contributed by atoms with Gasteiger partial charge in [-0.1, -0.05) is 0 Å². The van der Waals surface area contributed by atoms with Gasteiger partial charge in [-0.3, -0.25) is 5.41 Å². The van der Waals surface area contributed by atoms with E-state index in [1.807, 2.05) is 18.7 Å². The maximum Gasteiger partial charge on any atom is 0.251 e. The van der Waals surface area contributed by atoms with Gasteiger partial charge >= 0.3 is 0 Å². The first kappa shape index (κ1) is 19.0. The predicted octanol–water partition coefficient (Wildman–Crippen LogP) is 3.50. The lowest BCUT2D eigenvalue weighted by Crippen LogP contribution is -2.39. The molecule has 144 valence electrons. The highest BCUT2D eigenvalue weighted by Gasteiger charge is 2.34. The molecule has 1 aliphatic heterocycles. The average Bonchev–Trinajstić information content (AvgIpc) is 2.62. The number of nitrogen functional groups attached to an aromatic ring is 1. The van der Waals surface area contributed by atoms with Crippen LogP contribution in [0.3, 0.4) is 0 Å². The SMILES string of the molecule is CC(C)Oc1cc(C(=N)c2ccnc(N3CCC(F)(F)CC3)c2)c(N)cn1. The monoisotopic (exact) mass is 375 g/mol. The Hall–Kier alpha value is -2.77. The van der Waals surface area contributed by atoms with E-state index in [-0.39, 0.29) is 37.7 Å². The van der Waals surface area contributed by atoms with E-state index in [0.29, 0.717) is 28.5 Å². The molecule has 2 aromatic heterocycles. The number of anilines is 2. The number of rotatable bonds is 5. The topological polar surface area (TPSA) is 88.1 Å². The van der Waals surface area contributed by atoms with Crippen LogP contribution < -0.4 is 15.4 Å². The molecule has 6 nitrogen and oxygen atoms in total. The van der Waals surface area contributed by atoms with E-state index in [0.717, 1.165) is 0 Å². The van der Waals surface area contributed by atoms with E-state index in [1.165, 1.54) is 6.20 Å². The van der Waals surface area contributed by atoms with Crippen molar-refractivity contribution in [3.8, 4) is 5.88 Å². The first-order valence-electron chi connectivity index (χ1n) is 8.85. The molecule has 0 saturated carbocycles. The van der Waals surface area contributed by atoms with Crippen LogP contribution >= 0.6 is 0 Å². The number of piperidine rings is 1. The lowest BCUT2D eigenvalue weighted by molar-refractivity contribution is -0.0221. The number of hydrogen-bond donors (Lipinski definition) is 2. The fraction of sp³-hybridized carbons (Fsp3) is 0.421. The Morgan fingerprint density at radius 2 is 1.96 bits per heavy atom. The molecule has 2 aromatic rings. The van der Waals surface area contributed by atoms with Gasteiger partial charge in [0, 0.05) is 49.3 Å². The average molecular weight is 375 g/mol. The van der Waals surface area contributed by atoms with Crippen molar-refractivity contribution in [2.75, 3.05) is 23.7 Å². The zero-order valence-corrected chi connectivity index (χ0v) is 15.4. The molecule has 3 N–H and O–H groups in total. The van der Waals surface area contributed by atoms with Crippen molar-refractivity contribution < 1.29 is 13.5 Å². The van der Waals surface area contributed by atoms with Crippen molar-refractivity contribution in [1.29, 1.82) is 5.41 Å². The lowest BCUT2D eigenvalue weighted by Gasteiger charge is -2.32. The van der Waals surface area contributed by atoms with Crippen LogP contribution in [0.4, 0.5) is 20.3 Å². The van der Waals surface area contributed by atoms with Gasteiger partial charge in [-0.2, -0.15) is 0 Å². The van der Waals surface area contributed by atoms with E-state index in [1.54, 1.807) is 24.4 Å². The first-order chi connectivity index (χ1) is 12.7. The molecular formula is C19H23F2N5O. The molecule has 8 heteroatoms. The lowest BCUT2D eigenvalue weighted by atomic mass is 10.0. The van der Waals surface area contributed by atoms with Crippen molar-refractivity contribution >= 4 is 17.2 Å². The van der Waals surface area contributed by atoms with E-state index < -0.39 is 5.92 Å². The number of aromatic nitrogens is 2. The van der Waals surface area contributed by atoms with Crippen molar-refractivity contribution in [2.45, 2.75) is 38.7 Å². The molecule has 1 saturated heterocycles. The largest absolute Gasteiger partial charge is 0.475 e. The normalized spacial score (nSPS) is 16.4. The van der Waals surface area contributed by atoms with Crippen LogP contribution in [0.25, 0.3) is 0 Å². The molecule has 27 heavy (non-hydrogen) atoms. The minimum absolute atomic E-state index is 0.0482. The van der Waals surface area contributed by atoms with E-state index in [4.69, 9.17) is 15.9 Å². The van der Waals surface area contributed by atoms with Gasteiger partial charge in [0.1, 0.15) is 5.82 Å². The number of alkyl halides is 2. The third-order valence-electron chi connectivity index (χ3n) is 4.39. The molecule has 0 aromatic carbocycles. The standard InChI is InChI=1S/C19H23F2N5O/c1-12(2)27-17-10-14(15(22)11-25-17)18(23)13-3-6-24-16(9-13)26-7-4-19(20,21)5-8-26/h3,6,9-12,23H,4-5,7-8,22H2,1-2H3. The van der Waals surface area contributed by atoms with Crippen LogP contribution in [-0.4, -0.2) is 40.8 Å². The van der Waals surface area contributed by atoms with Gasteiger partial charge in [-0.05, 0) is 26.0 Å². The molecule has 3 heterocycles. The number of ether oxygens (including phenoxy) is 1. The molecule has 0 amide bonds. The summed E-state index contributed by atoms with van der Waals surface area (Å²) >= 11 is 0. The second-order valence-corrected chi connectivity index (χ2v) is 6.90. The van der Waals surface area contributed by atoms with Gasteiger partial charge in [-0.25, -0.2) is 18.7 Å². The highest BCUT2D eigenvalue weighted by atomic mass is 19.3. The fourth-order valence-corrected chi connectivity index (χ4v) is 2.93.